The Kier molecular flexibility index (Phi) is 5.42. The maximum absolute atomic E-state index is 13.5. The Morgan fingerprint density at radius 3 is 2.75 bits per heavy atom. The summed E-state index contributed by atoms with van der Waals surface area (Å²) in [6.45, 7) is 1.17. The van der Waals surface area contributed by atoms with Crippen molar-refractivity contribution in [3.05, 3.63) is 35.1 Å². The number of amides is 1. The fourth-order valence-electron chi connectivity index (χ4n) is 1.24. The van der Waals surface area contributed by atoms with Crippen LogP contribution in [0.15, 0.2) is 18.2 Å². The second kappa shape index (κ2) is 6.83. The van der Waals surface area contributed by atoms with Crippen LogP contribution in [0.3, 0.4) is 0 Å². The first-order valence-electron chi connectivity index (χ1n) is 5.50. The SMILES string of the molecule is CCOC(=O)NS(=O)(=O)NCc1ccc(C#N)cc1F. The number of benzene rings is 1. The van der Waals surface area contributed by atoms with E-state index in [2.05, 4.69) is 4.74 Å². The summed E-state index contributed by atoms with van der Waals surface area (Å²) in [6.07, 6.45) is -1.12. The first kappa shape index (κ1) is 15.9. The summed E-state index contributed by atoms with van der Waals surface area (Å²) in [6, 6.07) is 5.38. The molecule has 1 amide bonds. The highest BCUT2D eigenvalue weighted by Crippen LogP contribution is 2.09. The molecule has 1 aromatic carbocycles. The van der Waals surface area contributed by atoms with E-state index >= 15 is 0 Å². The maximum atomic E-state index is 13.5. The van der Waals surface area contributed by atoms with Gasteiger partial charge in [0, 0.05) is 12.1 Å². The zero-order valence-corrected chi connectivity index (χ0v) is 11.3. The second-order valence-electron chi connectivity index (χ2n) is 3.57. The van der Waals surface area contributed by atoms with Gasteiger partial charge in [0.2, 0.25) is 0 Å². The summed E-state index contributed by atoms with van der Waals surface area (Å²) in [4.78, 5) is 11.0. The van der Waals surface area contributed by atoms with Gasteiger partial charge >= 0.3 is 16.3 Å². The average molecular weight is 301 g/mol. The lowest BCUT2D eigenvalue weighted by Gasteiger charge is -2.08. The molecule has 0 radical (unpaired) electrons. The lowest BCUT2D eigenvalue weighted by Crippen LogP contribution is -2.40. The van der Waals surface area contributed by atoms with Gasteiger partial charge in [-0.25, -0.2) is 13.9 Å². The number of carbonyl (C=O) groups is 1. The quantitative estimate of drug-likeness (QED) is 0.835. The Bertz CT molecular complexity index is 640. The van der Waals surface area contributed by atoms with Crippen LogP contribution in [0.2, 0.25) is 0 Å². The van der Waals surface area contributed by atoms with Crippen LogP contribution in [0.5, 0.6) is 0 Å². The van der Waals surface area contributed by atoms with Crippen LogP contribution in [-0.2, 0) is 21.5 Å². The van der Waals surface area contributed by atoms with Crippen molar-refractivity contribution in [2.45, 2.75) is 13.5 Å². The van der Waals surface area contributed by atoms with E-state index in [0.717, 1.165) is 6.07 Å². The highest BCUT2D eigenvalue weighted by molar-refractivity contribution is 7.88. The molecule has 0 aromatic heterocycles. The van der Waals surface area contributed by atoms with E-state index in [9.17, 15) is 17.6 Å². The van der Waals surface area contributed by atoms with Gasteiger partial charge in [0.15, 0.2) is 0 Å². The summed E-state index contributed by atoms with van der Waals surface area (Å²) in [5, 5.41) is 8.57. The number of nitrogens with zero attached hydrogens (tertiary/aromatic N) is 1. The van der Waals surface area contributed by atoms with Gasteiger partial charge in [-0.05, 0) is 19.1 Å². The van der Waals surface area contributed by atoms with E-state index in [1.807, 2.05) is 4.72 Å². The predicted octanol–water partition coefficient (Wildman–Crippen LogP) is 0.778. The highest BCUT2D eigenvalue weighted by Gasteiger charge is 2.15. The molecule has 1 rings (SSSR count). The van der Waals surface area contributed by atoms with Crippen molar-refractivity contribution >= 4 is 16.3 Å². The molecule has 0 aliphatic carbocycles. The Morgan fingerprint density at radius 1 is 1.50 bits per heavy atom. The van der Waals surface area contributed by atoms with Crippen molar-refractivity contribution in [2.75, 3.05) is 6.61 Å². The third kappa shape index (κ3) is 4.83. The number of rotatable bonds is 5. The topological polar surface area (TPSA) is 108 Å². The van der Waals surface area contributed by atoms with E-state index in [1.54, 1.807) is 10.8 Å². The van der Waals surface area contributed by atoms with Gasteiger partial charge in [0.25, 0.3) is 0 Å². The van der Waals surface area contributed by atoms with Gasteiger partial charge in [-0.15, -0.1) is 0 Å². The summed E-state index contributed by atoms with van der Waals surface area (Å²) in [7, 11) is -4.14. The Morgan fingerprint density at radius 2 is 2.20 bits per heavy atom. The van der Waals surface area contributed by atoms with E-state index in [1.165, 1.54) is 19.1 Å². The summed E-state index contributed by atoms with van der Waals surface area (Å²) in [5.74, 6) is -0.720. The fourth-order valence-corrected chi connectivity index (χ4v) is 1.94. The van der Waals surface area contributed by atoms with Crippen molar-refractivity contribution in [1.29, 1.82) is 5.26 Å². The van der Waals surface area contributed by atoms with Gasteiger partial charge in [0.05, 0.1) is 18.2 Å². The molecule has 0 aliphatic rings. The third-order valence-corrected chi connectivity index (χ3v) is 3.09. The number of nitrogens with one attached hydrogen (secondary N) is 2. The van der Waals surface area contributed by atoms with Crippen molar-refractivity contribution < 1.29 is 22.3 Å². The zero-order chi connectivity index (χ0) is 15.2. The normalized spacial score (nSPS) is 10.7. The summed E-state index contributed by atoms with van der Waals surface area (Å²) in [5.41, 5.74) is 0.164. The molecule has 0 spiro atoms. The van der Waals surface area contributed by atoms with E-state index in [0.29, 0.717) is 0 Å². The number of halogens is 1. The number of hydrogen-bond acceptors (Lipinski definition) is 5. The molecule has 0 saturated carbocycles. The average Bonchev–Trinajstić information content (AvgIpc) is 2.36. The Labute approximate surface area is 115 Å². The summed E-state index contributed by atoms with van der Waals surface area (Å²) >= 11 is 0. The minimum absolute atomic E-state index is 0.0194. The van der Waals surface area contributed by atoms with Gasteiger partial charge < -0.3 is 4.74 Å². The number of carbonyl (C=O) groups excluding carboxylic acids is 1. The van der Waals surface area contributed by atoms with Gasteiger partial charge in [-0.3, -0.25) is 0 Å². The van der Waals surface area contributed by atoms with E-state index in [4.69, 9.17) is 5.26 Å². The van der Waals surface area contributed by atoms with Crippen LogP contribution in [0.25, 0.3) is 0 Å². The van der Waals surface area contributed by atoms with Crippen LogP contribution in [0, 0.1) is 17.1 Å². The molecule has 0 heterocycles. The molecule has 0 bridgehead atoms. The maximum Gasteiger partial charge on any atom is 0.421 e. The van der Waals surface area contributed by atoms with Crippen molar-refractivity contribution in [3.8, 4) is 6.07 Å². The van der Waals surface area contributed by atoms with Gasteiger partial charge in [-0.1, -0.05) is 6.07 Å². The largest absolute Gasteiger partial charge is 0.449 e. The van der Waals surface area contributed by atoms with Crippen molar-refractivity contribution in [2.24, 2.45) is 0 Å². The zero-order valence-electron chi connectivity index (χ0n) is 10.5. The minimum Gasteiger partial charge on any atom is -0.449 e. The van der Waals surface area contributed by atoms with Crippen LogP contribution in [0.4, 0.5) is 9.18 Å². The molecule has 20 heavy (non-hydrogen) atoms. The van der Waals surface area contributed by atoms with Crippen LogP contribution < -0.4 is 9.44 Å². The van der Waals surface area contributed by atoms with Gasteiger partial charge in [0.1, 0.15) is 5.82 Å². The predicted molar refractivity (Wildman–Crippen MR) is 67.0 cm³/mol. The van der Waals surface area contributed by atoms with Crippen molar-refractivity contribution in [3.63, 3.8) is 0 Å². The monoisotopic (exact) mass is 301 g/mol. The molecule has 0 aliphatic heterocycles. The summed E-state index contributed by atoms with van der Waals surface area (Å²) < 4.78 is 44.3. The van der Waals surface area contributed by atoms with Crippen LogP contribution in [-0.4, -0.2) is 21.1 Å². The van der Waals surface area contributed by atoms with Gasteiger partial charge in [-0.2, -0.15) is 18.4 Å². The second-order valence-corrected chi connectivity index (χ2v) is 5.06. The molecule has 0 unspecified atom stereocenters. The molecular weight excluding hydrogens is 289 g/mol. The molecule has 0 atom stereocenters. The molecule has 7 nitrogen and oxygen atoms in total. The molecule has 0 fully saturated rings. The Balaban J connectivity index is 2.67. The first-order chi connectivity index (χ1) is 9.38. The van der Waals surface area contributed by atoms with E-state index in [-0.39, 0.29) is 24.3 Å². The van der Waals surface area contributed by atoms with Crippen LogP contribution >= 0.6 is 0 Å². The molecular formula is C11H12FN3O4S. The Hall–Kier alpha value is -2.18. The minimum atomic E-state index is -4.14. The number of ether oxygens (including phenoxy) is 1. The smallest absolute Gasteiger partial charge is 0.421 e. The molecule has 9 heteroatoms. The molecule has 1 aromatic rings. The van der Waals surface area contributed by atoms with E-state index < -0.39 is 22.1 Å². The number of nitriles is 1. The molecule has 108 valence electrons. The number of hydrogen-bond donors (Lipinski definition) is 2. The molecule has 2 N–H and O–H groups in total. The fraction of sp³-hybridized carbons (Fsp3) is 0.273. The lowest BCUT2D eigenvalue weighted by atomic mass is 10.1. The standard InChI is InChI=1S/C11H12FN3O4S/c1-2-19-11(16)15-20(17,18)14-7-9-4-3-8(6-13)5-10(9)12/h3-5,14H,2,7H2,1H3,(H,15,16). The lowest BCUT2D eigenvalue weighted by molar-refractivity contribution is 0.158. The first-order valence-corrected chi connectivity index (χ1v) is 6.99. The molecule has 0 saturated heterocycles. The van der Waals surface area contributed by atoms with Crippen LogP contribution in [0.1, 0.15) is 18.1 Å². The highest BCUT2D eigenvalue weighted by atomic mass is 32.2. The third-order valence-electron chi connectivity index (χ3n) is 2.13. The van der Waals surface area contributed by atoms with Crippen molar-refractivity contribution in [1.82, 2.24) is 9.44 Å².